The smallest absolute Gasteiger partial charge is 0.475 e. The molecule has 238 valence electrons. The van der Waals surface area contributed by atoms with E-state index in [0.29, 0.717) is 23.3 Å². The molecule has 0 radical (unpaired) electrons. The number of nitrogens with one attached hydrogen (secondary N) is 1. The normalized spacial score (nSPS) is 17.7. The molecule has 5 rings (SSSR count). The number of halogens is 7. The molecule has 0 aliphatic carbocycles. The van der Waals surface area contributed by atoms with Gasteiger partial charge in [0, 0.05) is 38.0 Å². The number of aromatic nitrogens is 4. The van der Waals surface area contributed by atoms with Crippen LogP contribution in [-0.4, -0.2) is 92.0 Å². The molecule has 1 atom stereocenters. The fourth-order valence-corrected chi connectivity index (χ4v) is 4.47. The van der Waals surface area contributed by atoms with Crippen molar-refractivity contribution in [3.05, 3.63) is 35.6 Å². The molecule has 3 aromatic rings. The van der Waals surface area contributed by atoms with E-state index in [0.717, 1.165) is 56.0 Å². The Morgan fingerprint density at radius 3 is 2.19 bits per heavy atom. The van der Waals surface area contributed by atoms with Gasteiger partial charge in [-0.1, -0.05) is 26.0 Å². The Morgan fingerprint density at radius 2 is 1.67 bits per heavy atom. The van der Waals surface area contributed by atoms with Crippen molar-refractivity contribution in [1.29, 1.82) is 0 Å². The van der Waals surface area contributed by atoms with Crippen LogP contribution >= 0.6 is 0 Å². The van der Waals surface area contributed by atoms with Gasteiger partial charge in [0.05, 0.1) is 5.69 Å². The molecule has 1 aromatic carbocycles. The van der Waals surface area contributed by atoms with Gasteiger partial charge in [0.1, 0.15) is 11.3 Å². The third-order valence-electron chi connectivity index (χ3n) is 6.58. The monoisotopic (exact) mass is 626 g/mol. The highest BCUT2D eigenvalue weighted by Gasteiger charge is 2.39. The lowest BCUT2D eigenvalue weighted by Gasteiger charge is -2.31. The molecule has 0 bridgehead atoms. The number of carboxylic acid groups (broad SMARTS) is 2. The minimum atomic E-state index is -5.08. The van der Waals surface area contributed by atoms with Crippen molar-refractivity contribution in [2.75, 3.05) is 32.7 Å². The van der Waals surface area contributed by atoms with Gasteiger partial charge in [-0.15, -0.1) is 0 Å². The van der Waals surface area contributed by atoms with Crippen molar-refractivity contribution >= 4 is 22.8 Å². The lowest BCUT2D eigenvalue weighted by atomic mass is 10.0. The first kappa shape index (κ1) is 33.7. The van der Waals surface area contributed by atoms with Crippen LogP contribution in [-0.2, 0) is 16.0 Å². The Morgan fingerprint density at radius 1 is 1.07 bits per heavy atom. The summed E-state index contributed by atoms with van der Waals surface area (Å²) in [6, 6.07) is 5.04. The second-order valence-corrected chi connectivity index (χ2v) is 10.3. The first-order valence-electron chi connectivity index (χ1n) is 13.0. The lowest BCUT2D eigenvalue weighted by Crippen LogP contribution is -2.47. The average molecular weight is 627 g/mol. The molecular formula is C25H29F7N6O5. The highest BCUT2D eigenvalue weighted by molar-refractivity contribution is 5.84. The number of hydrogen-bond acceptors (Lipinski definition) is 8. The van der Waals surface area contributed by atoms with Gasteiger partial charge in [-0.05, 0) is 41.9 Å². The fraction of sp³-hybridized carbons (Fsp3) is 0.560. The molecule has 2 aromatic heterocycles. The summed E-state index contributed by atoms with van der Waals surface area (Å²) in [5, 5.41) is 27.1. The molecule has 4 heterocycles. The second-order valence-electron chi connectivity index (χ2n) is 10.3. The van der Waals surface area contributed by atoms with E-state index in [2.05, 4.69) is 25.5 Å². The standard InChI is InChI=1S/C21H27FN6O.2C2HF3O2/c1-13(2)19-16-4-3-5-17(22)20(16)28(25-19)21-24-18(29-26-21)8-14-6-7-27(11-14)12-15-9-23-10-15;2*3-2(4,5)1(6)7/h3-5,13-15,23H,6-12H2,1-2H3;2*(H,6,7)/t14-;;/m1../s1. The van der Waals surface area contributed by atoms with Gasteiger partial charge in [-0.2, -0.15) is 41.1 Å². The molecule has 2 saturated heterocycles. The number of benzene rings is 1. The number of hydrogen-bond donors (Lipinski definition) is 3. The summed E-state index contributed by atoms with van der Waals surface area (Å²) < 4.78 is 85.0. The van der Waals surface area contributed by atoms with E-state index in [-0.39, 0.29) is 11.7 Å². The predicted molar refractivity (Wildman–Crippen MR) is 135 cm³/mol. The highest BCUT2D eigenvalue weighted by Crippen LogP contribution is 2.29. The number of carbonyl (C=O) groups is 2. The average Bonchev–Trinajstić information content (AvgIpc) is 3.60. The van der Waals surface area contributed by atoms with Crippen molar-refractivity contribution in [3.8, 4) is 5.95 Å². The van der Waals surface area contributed by atoms with Crippen LogP contribution in [0.25, 0.3) is 16.9 Å². The zero-order chi connectivity index (χ0) is 32.1. The quantitative estimate of drug-likeness (QED) is 0.343. The van der Waals surface area contributed by atoms with Crippen molar-refractivity contribution in [2.24, 2.45) is 11.8 Å². The summed E-state index contributed by atoms with van der Waals surface area (Å²) in [6.45, 7) is 9.76. The van der Waals surface area contributed by atoms with Crippen LogP contribution in [0, 0.1) is 17.7 Å². The molecule has 0 saturated carbocycles. The summed E-state index contributed by atoms with van der Waals surface area (Å²) in [5.74, 6) is -3.45. The molecule has 0 unspecified atom stereocenters. The molecule has 2 fully saturated rings. The predicted octanol–water partition coefficient (Wildman–Crippen LogP) is 4.02. The molecule has 43 heavy (non-hydrogen) atoms. The number of carboxylic acids is 2. The van der Waals surface area contributed by atoms with Gasteiger partial charge in [-0.3, -0.25) is 0 Å². The van der Waals surface area contributed by atoms with Crippen LogP contribution in [0.15, 0.2) is 22.7 Å². The maximum Gasteiger partial charge on any atom is 0.490 e. The van der Waals surface area contributed by atoms with Gasteiger partial charge in [0.15, 0.2) is 0 Å². The summed E-state index contributed by atoms with van der Waals surface area (Å²) in [7, 11) is 0. The second kappa shape index (κ2) is 13.7. The van der Waals surface area contributed by atoms with Gasteiger partial charge in [-0.25, -0.2) is 14.0 Å². The van der Waals surface area contributed by atoms with Crippen molar-refractivity contribution in [2.45, 2.75) is 45.0 Å². The van der Waals surface area contributed by atoms with Gasteiger partial charge in [0.2, 0.25) is 5.89 Å². The topological polar surface area (TPSA) is 147 Å². The van der Waals surface area contributed by atoms with E-state index in [1.54, 1.807) is 6.07 Å². The van der Waals surface area contributed by atoms with E-state index in [1.807, 2.05) is 19.9 Å². The molecule has 3 N–H and O–H groups in total. The summed E-state index contributed by atoms with van der Waals surface area (Å²) in [6.07, 6.45) is -8.26. The zero-order valence-electron chi connectivity index (χ0n) is 22.9. The first-order valence-corrected chi connectivity index (χ1v) is 13.0. The number of rotatable bonds is 6. The third kappa shape index (κ3) is 9.09. The third-order valence-corrected chi connectivity index (χ3v) is 6.58. The molecule has 0 amide bonds. The van der Waals surface area contributed by atoms with Crippen LogP contribution in [0.1, 0.15) is 37.8 Å². The number of likely N-dealkylation sites (tertiary alicyclic amines) is 1. The molecular weight excluding hydrogens is 597 g/mol. The van der Waals surface area contributed by atoms with Crippen LogP contribution in [0.5, 0.6) is 0 Å². The maximum atomic E-state index is 14.6. The SMILES string of the molecule is CC(C)c1nn(-c2noc(C[C@H]3CCN(CC4CNC4)C3)n2)c2c(F)cccc12.O=C(O)C(F)(F)F.O=C(O)C(F)(F)F. The molecule has 2 aliphatic rings. The number of fused-ring (bicyclic) bond motifs is 1. The van der Waals surface area contributed by atoms with Crippen molar-refractivity contribution in [3.63, 3.8) is 0 Å². The lowest BCUT2D eigenvalue weighted by molar-refractivity contribution is -0.193. The van der Waals surface area contributed by atoms with Crippen molar-refractivity contribution in [1.82, 2.24) is 30.1 Å². The van der Waals surface area contributed by atoms with E-state index in [4.69, 9.17) is 24.3 Å². The zero-order valence-corrected chi connectivity index (χ0v) is 22.9. The summed E-state index contributed by atoms with van der Waals surface area (Å²) >= 11 is 0. The number of aliphatic carboxylic acids is 2. The van der Waals surface area contributed by atoms with Gasteiger partial charge < -0.3 is 25.0 Å². The van der Waals surface area contributed by atoms with Crippen LogP contribution < -0.4 is 5.32 Å². The number of alkyl halides is 6. The maximum absolute atomic E-state index is 14.6. The highest BCUT2D eigenvalue weighted by atomic mass is 19.4. The Bertz CT molecular complexity index is 1380. The van der Waals surface area contributed by atoms with E-state index >= 15 is 0 Å². The fourth-order valence-electron chi connectivity index (χ4n) is 4.47. The number of para-hydroxylation sites is 1. The number of nitrogens with zero attached hydrogens (tertiary/aromatic N) is 5. The Hall–Kier alpha value is -3.80. The minimum absolute atomic E-state index is 0.169. The summed E-state index contributed by atoms with van der Waals surface area (Å²) in [5.41, 5.74) is 1.24. The largest absolute Gasteiger partial charge is 0.490 e. The van der Waals surface area contributed by atoms with Gasteiger partial charge >= 0.3 is 24.3 Å². The Labute approximate surface area is 239 Å². The molecule has 0 spiro atoms. The first-order chi connectivity index (χ1) is 20.0. The summed E-state index contributed by atoms with van der Waals surface area (Å²) in [4.78, 5) is 24.9. The molecule has 18 heteroatoms. The van der Waals surface area contributed by atoms with Crippen LogP contribution in [0.2, 0.25) is 0 Å². The minimum Gasteiger partial charge on any atom is -0.475 e. The Balaban J connectivity index is 0.000000303. The van der Waals surface area contributed by atoms with Crippen molar-refractivity contribution < 1.29 is 55.1 Å². The van der Waals surface area contributed by atoms with Crippen LogP contribution in [0.3, 0.4) is 0 Å². The van der Waals surface area contributed by atoms with Gasteiger partial charge in [0.25, 0.3) is 5.95 Å². The Kier molecular flexibility index (Phi) is 10.7. The molecule has 11 nitrogen and oxygen atoms in total. The van der Waals surface area contributed by atoms with E-state index in [1.165, 1.54) is 17.3 Å². The van der Waals surface area contributed by atoms with Crippen LogP contribution in [0.4, 0.5) is 30.7 Å². The molecule has 2 aliphatic heterocycles. The van der Waals surface area contributed by atoms with E-state index in [9.17, 15) is 30.7 Å². The van der Waals surface area contributed by atoms with E-state index < -0.39 is 24.3 Å².